The molecule has 0 aliphatic carbocycles. The van der Waals surface area contributed by atoms with Gasteiger partial charge in [0.2, 0.25) is 5.91 Å². The summed E-state index contributed by atoms with van der Waals surface area (Å²) in [4.78, 5) is 21.6. The first-order valence-electron chi connectivity index (χ1n) is 10.6. The quantitative estimate of drug-likeness (QED) is 0.448. The van der Waals surface area contributed by atoms with Crippen LogP contribution in [-0.4, -0.2) is 32.2 Å². The predicted molar refractivity (Wildman–Crippen MR) is 125 cm³/mol. The Hall–Kier alpha value is -3.84. The van der Waals surface area contributed by atoms with Gasteiger partial charge in [-0.3, -0.25) is 4.79 Å². The number of aryl methyl sites for hydroxylation is 2. The number of pyridine rings is 1. The summed E-state index contributed by atoms with van der Waals surface area (Å²) in [5.41, 5.74) is 4.15. The van der Waals surface area contributed by atoms with Gasteiger partial charge in [-0.25, -0.2) is 14.6 Å². The maximum Gasteiger partial charge on any atom is 0.247 e. The molecule has 7 heteroatoms. The van der Waals surface area contributed by atoms with E-state index in [1.165, 1.54) is 11.1 Å². The van der Waals surface area contributed by atoms with Gasteiger partial charge in [0.15, 0.2) is 0 Å². The lowest BCUT2D eigenvalue weighted by Gasteiger charge is -2.19. The number of rotatable bonds is 8. The lowest BCUT2D eigenvalue weighted by Crippen LogP contribution is -2.34. The zero-order chi connectivity index (χ0) is 22.3. The molecule has 0 saturated heterocycles. The standard InChI is InChI=1S/C25H26N6O/c1-18-8-10-20(11-9-18)14-15-26-24(21-6-4-3-5-7-21)25(32)29-23-13-12-22(16-27-23)31-17-28-19(2)30-31/h3-13,16-17,24,26H,14-15H2,1-2H3,(H,27,29,32)/t24-/m0/s1. The van der Waals surface area contributed by atoms with E-state index < -0.39 is 6.04 Å². The Kier molecular flexibility index (Phi) is 6.67. The fourth-order valence-corrected chi connectivity index (χ4v) is 3.39. The van der Waals surface area contributed by atoms with Crippen molar-refractivity contribution in [3.05, 3.63) is 102 Å². The maximum absolute atomic E-state index is 13.1. The van der Waals surface area contributed by atoms with E-state index in [1.54, 1.807) is 23.3 Å². The smallest absolute Gasteiger partial charge is 0.247 e. The second-order valence-electron chi connectivity index (χ2n) is 7.66. The van der Waals surface area contributed by atoms with Crippen molar-refractivity contribution in [1.29, 1.82) is 0 Å². The van der Waals surface area contributed by atoms with Crippen LogP contribution in [0.5, 0.6) is 0 Å². The van der Waals surface area contributed by atoms with Crippen molar-refractivity contribution < 1.29 is 4.79 Å². The second kappa shape index (κ2) is 9.98. The van der Waals surface area contributed by atoms with Crippen molar-refractivity contribution in [1.82, 2.24) is 25.1 Å². The predicted octanol–water partition coefficient (Wildman–Crippen LogP) is 3.79. The Labute approximate surface area is 187 Å². The number of anilines is 1. The summed E-state index contributed by atoms with van der Waals surface area (Å²) in [7, 11) is 0. The van der Waals surface area contributed by atoms with Crippen molar-refractivity contribution in [2.45, 2.75) is 26.3 Å². The molecule has 2 aromatic heterocycles. The van der Waals surface area contributed by atoms with Crippen LogP contribution in [0.4, 0.5) is 5.82 Å². The first kappa shape index (κ1) is 21.4. The number of carbonyl (C=O) groups excluding carboxylic acids is 1. The molecule has 2 aromatic carbocycles. The van der Waals surface area contributed by atoms with Gasteiger partial charge in [-0.1, -0.05) is 60.2 Å². The first-order valence-corrected chi connectivity index (χ1v) is 10.6. The third-order valence-corrected chi connectivity index (χ3v) is 5.15. The molecule has 4 aromatic rings. The van der Waals surface area contributed by atoms with E-state index >= 15 is 0 Å². The van der Waals surface area contributed by atoms with Crippen molar-refractivity contribution >= 4 is 11.7 Å². The summed E-state index contributed by atoms with van der Waals surface area (Å²) in [6.07, 6.45) is 4.13. The zero-order valence-corrected chi connectivity index (χ0v) is 18.2. The molecule has 2 heterocycles. The molecule has 32 heavy (non-hydrogen) atoms. The van der Waals surface area contributed by atoms with Crippen molar-refractivity contribution in [2.75, 3.05) is 11.9 Å². The average molecular weight is 427 g/mol. The number of aromatic nitrogens is 4. The summed E-state index contributed by atoms with van der Waals surface area (Å²) in [5.74, 6) is 1.01. The number of amides is 1. The molecule has 1 amide bonds. The molecule has 7 nitrogen and oxygen atoms in total. The van der Waals surface area contributed by atoms with Crippen molar-refractivity contribution in [3.63, 3.8) is 0 Å². The Morgan fingerprint density at radius 1 is 0.969 bits per heavy atom. The number of hydrogen-bond donors (Lipinski definition) is 2. The third kappa shape index (κ3) is 5.44. The highest BCUT2D eigenvalue weighted by molar-refractivity contribution is 5.94. The molecule has 1 atom stereocenters. The van der Waals surface area contributed by atoms with Gasteiger partial charge in [-0.2, -0.15) is 5.10 Å². The van der Waals surface area contributed by atoms with Crippen molar-refractivity contribution in [3.8, 4) is 5.69 Å². The van der Waals surface area contributed by atoms with E-state index in [2.05, 4.69) is 56.9 Å². The Balaban J connectivity index is 1.43. The second-order valence-corrected chi connectivity index (χ2v) is 7.66. The molecule has 0 radical (unpaired) electrons. The van der Waals surface area contributed by atoms with Gasteiger partial charge >= 0.3 is 0 Å². The average Bonchev–Trinajstić information content (AvgIpc) is 3.25. The minimum Gasteiger partial charge on any atom is -0.309 e. The monoisotopic (exact) mass is 426 g/mol. The molecule has 0 aliphatic heterocycles. The molecule has 0 saturated carbocycles. The summed E-state index contributed by atoms with van der Waals surface area (Å²) in [5, 5.41) is 10.6. The van der Waals surface area contributed by atoms with Gasteiger partial charge in [0.1, 0.15) is 24.0 Å². The van der Waals surface area contributed by atoms with Crippen LogP contribution in [0.1, 0.15) is 28.6 Å². The molecular formula is C25H26N6O. The Bertz CT molecular complexity index is 1150. The van der Waals surface area contributed by atoms with E-state index in [0.717, 1.165) is 17.7 Å². The zero-order valence-electron chi connectivity index (χ0n) is 18.2. The molecule has 0 aliphatic rings. The summed E-state index contributed by atoms with van der Waals surface area (Å²) in [6.45, 7) is 4.58. The molecule has 0 spiro atoms. The van der Waals surface area contributed by atoms with E-state index in [1.807, 2.05) is 43.3 Å². The van der Waals surface area contributed by atoms with Gasteiger partial charge < -0.3 is 10.6 Å². The number of benzene rings is 2. The van der Waals surface area contributed by atoms with Crippen LogP contribution in [0.2, 0.25) is 0 Å². The molecule has 4 rings (SSSR count). The number of nitrogens with zero attached hydrogens (tertiary/aromatic N) is 4. The fourth-order valence-electron chi connectivity index (χ4n) is 3.39. The number of hydrogen-bond acceptors (Lipinski definition) is 5. The van der Waals surface area contributed by atoms with Gasteiger partial charge in [-0.05, 0) is 43.5 Å². The van der Waals surface area contributed by atoms with Crippen LogP contribution in [-0.2, 0) is 11.2 Å². The van der Waals surface area contributed by atoms with Crippen LogP contribution in [0.25, 0.3) is 5.69 Å². The highest BCUT2D eigenvalue weighted by Crippen LogP contribution is 2.16. The molecule has 0 bridgehead atoms. The van der Waals surface area contributed by atoms with Gasteiger partial charge in [-0.15, -0.1) is 0 Å². The number of nitrogens with one attached hydrogen (secondary N) is 2. The van der Waals surface area contributed by atoms with E-state index in [9.17, 15) is 4.79 Å². The summed E-state index contributed by atoms with van der Waals surface area (Å²) < 4.78 is 1.65. The van der Waals surface area contributed by atoms with Crippen LogP contribution in [0, 0.1) is 13.8 Å². The highest BCUT2D eigenvalue weighted by Gasteiger charge is 2.20. The van der Waals surface area contributed by atoms with Gasteiger partial charge in [0.05, 0.1) is 11.9 Å². The molecule has 2 N–H and O–H groups in total. The van der Waals surface area contributed by atoms with Gasteiger partial charge in [0, 0.05) is 6.54 Å². The van der Waals surface area contributed by atoms with E-state index in [0.29, 0.717) is 18.2 Å². The molecule has 0 fully saturated rings. The molecule has 0 unspecified atom stereocenters. The Morgan fingerprint density at radius 2 is 1.75 bits per heavy atom. The first-order chi connectivity index (χ1) is 15.6. The van der Waals surface area contributed by atoms with E-state index in [-0.39, 0.29) is 5.91 Å². The summed E-state index contributed by atoms with van der Waals surface area (Å²) >= 11 is 0. The normalized spacial score (nSPS) is 11.8. The SMILES string of the molecule is Cc1ccc(CCN[C@H](C(=O)Nc2ccc(-n3cnc(C)n3)cn2)c2ccccc2)cc1. The van der Waals surface area contributed by atoms with Crippen LogP contribution in [0.3, 0.4) is 0 Å². The van der Waals surface area contributed by atoms with Crippen molar-refractivity contribution in [2.24, 2.45) is 0 Å². The maximum atomic E-state index is 13.1. The Morgan fingerprint density at radius 3 is 2.41 bits per heavy atom. The van der Waals surface area contributed by atoms with Gasteiger partial charge in [0.25, 0.3) is 0 Å². The topological polar surface area (TPSA) is 84.7 Å². The van der Waals surface area contributed by atoms with Crippen LogP contribution in [0.15, 0.2) is 79.3 Å². The minimum atomic E-state index is -0.485. The largest absolute Gasteiger partial charge is 0.309 e. The van der Waals surface area contributed by atoms with Crippen LogP contribution < -0.4 is 10.6 Å². The molecule has 162 valence electrons. The number of carbonyl (C=O) groups is 1. The fraction of sp³-hybridized carbons (Fsp3) is 0.200. The molecular weight excluding hydrogens is 400 g/mol. The summed E-state index contributed by atoms with van der Waals surface area (Å²) in [6, 6.07) is 21.3. The minimum absolute atomic E-state index is 0.156. The van der Waals surface area contributed by atoms with Crippen LogP contribution >= 0.6 is 0 Å². The lowest BCUT2D eigenvalue weighted by molar-refractivity contribution is -0.118. The highest BCUT2D eigenvalue weighted by atomic mass is 16.2. The lowest BCUT2D eigenvalue weighted by atomic mass is 10.1. The third-order valence-electron chi connectivity index (χ3n) is 5.15. The van der Waals surface area contributed by atoms with E-state index in [4.69, 9.17) is 0 Å².